The number of piperazine rings is 1. The maximum Gasteiger partial charge on any atom is 0.259 e. The van der Waals surface area contributed by atoms with Crippen molar-refractivity contribution in [2.24, 2.45) is 0 Å². The second kappa shape index (κ2) is 16.7. The van der Waals surface area contributed by atoms with E-state index in [-0.39, 0.29) is 21.8 Å². The number of nitrogens with one attached hydrogen (secondary N) is 1. The Morgan fingerprint density at radius 1 is 0.870 bits per heavy atom. The summed E-state index contributed by atoms with van der Waals surface area (Å²) in [6, 6.07) is 37.9. The molecule has 1 atom stereocenters. The molecule has 1 unspecified atom stereocenters. The lowest BCUT2D eigenvalue weighted by molar-refractivity contribution is 0.102. The van der Waals surface area contributed by atoms with Gasteiger partial charge in [-0.25, -0.2) is 8.42 Å². The molecule has 54 heavy (non-hydrogen) atoms. The first-order valence-corrected chi connectivity index (χ1v) is 20.4. The zero-order chi connectivity index (χ0) is 38.5. The van der Waals surface area contributed by atoms with Gasteiger partial charge in [-0.2, -0.15) is 0 Å². The summed E-state index contributed by atoms with van der Waals surface area (Å²) in [5.74, 6) is -0.874. The maximum absolute atomic E-state index is 14.4. The van der Waals surface area contributed by atoms with Gasteiger partial charge in [-0.3, -0.25) is 9.69 Å². The molecule has 1 aliphatic heterocycles. The molecular weight excluding hydrogens is 714 g/mol. The number of hydrogen-bond donors (Lipinski definition) is 2. The highest BCUT2D eigenvalue weighted by Gasteiger charge is 2.39. The predicted molar refractivity (Wildman–Crippen MR) is 219 cm³/mol. The molecule has 6 rings (SSSR count). The first-order chi connectivity index (χ1) is 26.0. The van der Waals surface area contributed by atoms with Crippen LogP contribution in [0.4, 0.5) is 5.69 Å². The van der Waals surface area contributed by atoms with E-state index in [1.165, 1.54) is 12.1 Å². The fourth-order valence-electron chi connectivity index (χ4n) is 7.70. The van der Waals surface area contributed by atoms with Crippen molar-refractivity contribution >= 4 is 33.0 Å². The topological polar surface area (TPSA) is 90.0 Å². The van der Waals surface area contributed by atoms with Crippen molar-refractivity contribution in [2.45, 2.75) is 48.8 Å². The zero-order valence-electron chi connectivity index (χ0n) is 31.1. The number of aromatic hydroxyl groups is 1. The van der Waals surface area contributed by atoms with Crippen LogP contribution in [0.25, 0.3) is 0 Å². The van der Waals surface area contributed by atoms with Crippen molar-refractivity contribution in [2.75, 3.05) is 38.5 Å². The van der Waals surface area contributed by atoms with Crippen LogP contribution in [0.1, 0.15) is 63.5 Å². The van der Waals surface area contributed by atoms with E-state index in [0.29, 0.717) is 42.2 Å². The number of halogens is 1. The average molecular weight is 762 g/mol. The van der Waals surface area contributed by atoms with Crippen LogP contribution in [0.15, 0.2) is 133 Å². The Hall–Kier alpha value is -4.73. The van der Waals surface area contributed by atoms with Crippen LogP contribution in [0, 0.1) is 6.92 Å². The average Bonchev–Trinajstić information content (AvgIpc) is 3.18. The summed E-state index contributed by atoms with van der Waals surface area (Å²) in [5.41, 5.74) is 4.11. The third kappa shape index (κ3) is 7.49. The van der Waals surface area contributed by atoms with Gasteiger partial charge < -0.3 is 15.3 Å². The van der Waals surface area contributed by atoms with Crippen LogP contribution < -0.4 is 5.32 Å². The summed E-state index contributed by atoms with van der Waals surface area (Å²) in [6.07, 6.45) is 3.40. The number of anilines is 1. The Balaban J connectivity index is 1.43. The third-order valence-corrected chi connectivity index (χ3v) is 13.1. The number of aryl methyl sites for hydroxylation is 1. The third-order valence-electron chi connectivity index (χ3n) is 10.6. The summed E-state index contributed by atoms with van der Waals surface area (Å²) in [5, 5.41) is 13.8. The van der Waals surface area contributed by atoms with Crippen molar-refractivity contribution in [1.29, 1.82) is 0 Å². The van der Waals surface area contributed by atoms with E-state index in [1.54, 1.807) is 13.0 Å². The summed E-state index contributed by atoms with van der Waals surface area (Å²) in [4.78, 5) is 18.4. The monoisotopic (exact) mass is 761 g/mol. The fourth-order valence-corrected chi connectivity index (χ4v) is 9.88. The Labute approximate surface area is 324 Å². The SMILES string of the molecule is C=CC(N1CCN(C)CC1)S(=O)(=O)c1cc(CCCC)c(O)c(C(=O)Nc2ccc(C(c3ccccc3)(c3ccccc3)c3ccccc3)cc2Cl)c1C. The van der Waals surface area contributed by atoms with E-state index in [9.17, 15) is 18.3 Å². The molecule has 0 bridgehead atoms. The van der Waals surface area contributed by atoms with Gasteiger partial charge in [-0.1, -0.05) is 128 Å². The Morgan fingerprint density at radius 2 is 1.41 bits per heavy atom. The van der Waals surface area contributed by atoms with Gasteiger partial charge in [0.2, 0.25) is 0 Å². The molecule has 5 aromatic rings. The number of phenolic OH excluding ortho intramolecular Hbond substituents is 1. The molecule has 280 valence electrons. The minimum Gasteiger partial charge on any atom is -0.507 e. The van der Waals surface area contributed by atoms with Gasteiger partial charge >= 0.3 is 0 Å². The van der Waals surface area contributed by atoms with Crippen LogP contribution in [0.3, 0.4) is 0 Å². The summed E-state index contributed by atoms with van der Waals surface area (Å²) in [6.45, 7) is 10.1. The second-order valence-corrected chi connectivity index (χ2v) is 16.4. The van der Waals surface area contributed by atoms with Gasteiger partial charge in [-0.05, 0) is 78.4 Å². The molecule has 0 aliphatic carbocycles. The highest BCUT2D eigenvalue weighted by molar-refractivity contribution is 7.92. The highest BCUT2D eigenvalue weighted by Crippen LogP contribution is 2.46. The van der Waals surface area contributed by atoms with E-state index in [4.69, 9.17) is 11.6 Å². The summed E-state index contributed by atoms with van der Waals surface area (Å²) >= 11 is 7.08. The Bertz CT molecular complexity index is 2110. The zero-order valence-corrected chi connectivity index (χ0v) is 32.7. The van der Waals surface area contributed by atoms with Crippen molar-refractivity contribution in [3.8, 4) is 5.75 Å². The number of sulfone groups is 1. The lowest BCUT2D eigenvalue weighted by atomic mass is 9.65. The summed E-state index contributed by atoms with van der Waals surface area (Å²) < 4.78 is 28.8. The molecule has 0 spiro atoms. The second-order valence-electron chi connectivity index (χ2n) is 14.0. The first-order valence-electron chi connectivity index (χ1n) is 18.5. The van der Waals surface area contributed by atoms with Gasteiger partial charge in [0.1, 0.15) is 11.1 Å². The Morgan fingerprint density at radius 3 is 1.89 bits per heavy atom. The van der Waals surface area contributed by atoms with Gasteiger partial charge in [-0.15, -0.1) is 6.58 Å². The number of benzene rings is 5. The maximum atomic E-state index is 14.4. The molecule has 0 saturated carbocycles. The molecule has 5 aromatic carbocycles. The van der Waals surface area contributed by atoms with Crippen LogP contribution in [0.2, 0.25) is 5.02 Å². The number of phenols is 1. The first kappa shape index (κ1) is 39.0. The van der Waals surface area contributed by atoms with Gasteiger partial charge in [0, 0.05) is 26.2 Å². The number of likely N-dealkylation sites (N-methyl/N-ethyl adjacent to an activating group) is 1. The van der Waals surface area contributed by atoms with Crippen LogP contribution in [-0.2, 0) is 21.7 Å². The number of carbonyl (C=O) groups excluding carboxylic acids is 1. The van der Waals surface area contributed by atoms with E-state index >= 15 is 0 Å². The van der Waals surface area contributed by atoms with Crippen LogP contribution >= 0.6 is 11.6 Å². The fraction of sp³-hybridized carbons (Fsp3) is 0.267. The molecule has 7 nitrogen and oxygen atoms in total. The predicted octanol–water partition coefficient (Wildman–Crippen LogP) is 8.86. The number of amides is 1. The van der Waals surface area contributed by atoms with Crippen molar-refractivity contribution in [3.63, 3.8) is 0 Å². The molecule has 1 heterocycles. The minimum absolute atomic E-state index is 0.0141. The van der Waals surface area contributed by atoms with E-state index < -0.39 is 26.5 Å². The minimum atomic E-state index is -4.03. The van der Waals surface area contributed by atoms with Crippen molar-refractivity contribution in [1.82, 2.24) is 9.80 Å². The number of unbranched alkanes of at least 4 members (excludes halogenated alkanes) is 1. The largest absolute Gasteiger partial charge is 0.507 e. The molecule has 1 fully saturated rings. The molecular formula is C45H48ClN3O4S. The smallest absolute Gasteiger partial charge is 0.259 e. The summed E-state index contributed by atoms with van der Waals surface area (Å²) in [7, 11) is -2.02. The molecule has 1 saturated heterocycles. The molecule has 1 aliphatic rings. The number of rotatable bonds is 13. The molecule has 1 amide bonds. The van der Waals surface area contributed by atoms with Gasteiger partial charge in [0.15, 0.2) is 9.84 Å². The lowest BCUT2D eigenvalue weighted by Crippen LogP contribution is -2.50. The molecule has 0 radical (unpaired) electrons. The van der Waals surface area contributed by atoms with Crippen molar-refractivity contribution in [3.05, 3.63) is 172 Å². The molecule has 0 aromatic heterocycles. The highest BCUT2D eigenvalue weighted by atomic mass is 35.5. The molecule has 9 heteroatoms. The number of carbonyl (C=O) groups is 1. The number of nitrogens with zero attached hydrogens (tertiary/aromatic N) is 2. The van der Waals surface area contributed by atoms with Gasteiger partial charge in [0.05, 0.1) is 26.6 Å². The van der Waals surface area contributed by atoms with Crippen molar-refractivity contribution < 1.29 is 18.3 Å². The molecule has 2 N–H and O–H groups in total. The quantitative estimate of drug-likeness (QED) is 0.0921. The number of hydrogen-bond acceptors (Lipinski definition) is 6. The Kier molecular flexibility index (Phi) is 12.1. The van der Waals surface area contributed by atoms with Crippen LogP contribution in [0.5, 0.6) is 5.75 Å². The lowest BCUT2D eigenvalue weighted by Gasteiger charge is -2.37. The van der Waals surface area contributed by atoms with Gasteiger partial charge in [0.25, 0.3) is 5.91 Å². The standard InChI is InChI=1S/C45H48ClN3O4S/c1-5-7-17-33-30-40(54(52,53)41(6-2)49-28-26-48(4)27-29-49)32(3)42(43(33)50)44(51)47-39-25-24-37(31-38(39)46)45(34-18-11-8-12-19-34,35-20-13-9-14-21-35)36-22-15-10-16-23-36/h6,8-16,18-25,30-31,41,50H,2,5,7,17,26-29H2,1,3-4H3,(H,47,51). The van der Waals surface area contributed by atoms with E-state index in [0.717, 1.165) is 41.8 Å². The van der Waals surface area contributed by atoms with Crippen LogP contribution in [-0.4, -0.2) is 67.8 Å². The van der Waals surface area contributed by atoms with E-state index in [2.05, 4.69) is 53.2 Å². The normalized spacial score (nSPS) is 14.7. The van der Waals surface area contributed by atoms with E-state index in [1.807, 2.05) is 85.6 Å².